The first-order chi connectivity index (χ1) is 25.4. The van der Waals surface area contributed by atoms with E-state index in [-0.39, 0.29) is 17.1 Å². The molecule has 7 rings (SSSR count). The second-order valence-corrected chi connectivity index (χ2v) is 14.0. The van der Waals surface area contributed by atoms with Gasteiger partial charge < -0.3 is 33.9 Å². The topological polar surface area (TPSA) is 81.1 Å². The summed E-state index contributed by atoms with van der Waals surface area (Å²) in [4.78, 5) is 23.6. The van der Waals surface area contributed by atoms with Crippen molar-refractivity contribution in [1.82, 2.24) is 19.4 Å². The highest BCUT2D eigenvalue weighted by molar-refractivity contribution is 5.96. The lowest BCUT2D eigenvalue weighted by Crippen LogP contribution is -2.50. The summed E-state index contributed by atoms with van der Waals surface area (Å²) in [6, 6.07) is 29.4. The Morgan fingerprint density at radius 2 is 1.58 bits per heavy atom. The number of hydrogen-bond donors (Lipinski definition) is 1. The van der Waals surface area contributed by atoms with Crippen molar-refractivity contribution in [3.63, 3.8) is 0 Å². The largest absolute Gasteiger partial charge is 0.493 e. The monoisotopic (exact) mass is 705 g/mol. The van der Waals surface area contributed by atoms with Crippen LogP contribution < -0.4 is 19.5 Å². The lowest BCUT2D eigenvalue weighted by molar-refractivity contribution is 0.0606. The van der Waals surface area contributed by atoms with Crippen molar-refractivity contribution in [3.8, 4) is 17.2 Å². The number of rotatable bonds is 12. The third-order valence-corrected chi connectivity index (χ3v) is 10.9. The van der Waals surface area contributed by atoms with Crippen LogP contribution in [0.4, 0.5) is 10.3 Å². The van der Waals surface area contributed by atoms with Crippen molar-refractivity contribution in [2.45, 2.75) is 50.1 Å². The molecule has 2 aliphatic rings. The fraction of sp³-hybridized carbons (Fsp3) is 0.381. The lowest BCUT2D eigenvalue weighted by atomic mass is 9.71. The van der Waals surface area contributed by atoms with Crippen LogP contribution in [0.25, 0.3) is 11.0 Å². The third kappa shape index (κ3) is 7.44. The average Bonchev–Trinajstić information content (AvgIpc) is 3.53. The molecule has 10 heteroatoms. The van der Waals surface area contributed by atoms with E-state index in [1.807, 2.05) is 35.2 Å². The zero-order chi connectivity index (χ0) is 36.1. The van der Waals surface area contributed by atoms with Gasteiger partial charge in [0.1, 0.15) is 5.82 Å². The Labute approximate surface area is 305 Å². The van der Waals surface area contributed by atoms with Crippen molar-refractivity contribution in [2.24, 2.45) is 0 Å². The van der Waals surface area contributed by atoms with E-state index < -0.39 is 0 Å². The Morgan fingerprint density at radius 3 is 2.27 bits per heavy atom. The zero-order valence-electron chi connectivity index (χ0n) is 30.3. The van der Waals surface area contributed by atoms with Crippen molar-refractivity contribution in [2.75, 3.05) is 59.4 Å². The highest BCUT2D eigenvalue weighted by Crippen LogP contribution is 2.41. The Balaban J connectivity index is 1.03. The smallest absolute Gasteiger partial charge is 0.254 e. The predicted molar refractivity (Wildman–Crippen MR) is 202 cm³/mol. The van der Waals surface area contributed by atoms with E-state index in [0.29, 0.717) is 48.5 Å². The van der Waals surface area contributed by atoms with Gasteiger partial charge in [-0.05, 0) is 86.2 Å². The molecule has 2 aliphatic heterocycles. The van der Waals surface area contributed by atoms with Crippen molar-refractivity contribution in [3.05, 3.63) is 114 Å². The minimum absolute atomic E-state index is 0.0309. The molecule has 3 heterocycles. The van der Waals surface area contributed by atoms with Crippen LogP contribution >= 0.6 is 0 Å². The molecule has 1 N–H and O–H groups in total. The number of hydrogen-bond acceptors (Lipinski definition) is 7. The van der Waals surface area contributed by atoms with Crippen LogP contribution in [-0.2, 0) is 12.0 Å². The molecule has 1 atom stereocenters. The maximum absolute atomic E-state index is 14.1. The average molecular weight is 706 g/mol. The summed E-state index contributed by atoms with van der Waals surface area (Å²) < 4.78 is 32.4. The minimum Gasteiger partial charge on any atom is -0.493 e. The van der Waals surface area contributed by atoms with Gasteiger partial charge in [0.05, 0.1) is 38.9 Å². The van der Waals surface area contributed by atoms with E-state index in [0.717, 1.165) is 74.3 Å². The van der Waals surface area contributed by atoms with E-state index in [9.17, 15) is 9.18 Å². The van der Waals surface area contributed by atoms with Gasteiger partial charge in [-0.25, -0.2) is 9.37 Å². The Bertz CT molecular complexity index is 1950. The fourth-order valence-corrected chi connectivity index (χ4v) is 8.04. The summed E-state index contributed by atoms with van der Waals surface area (Å²) in [6.45, 7) is 4.88. The van der Waals surface area contributed by atoms with Gasteiger partial charge in [-0.15, -0.1) is 0 Å². The summed E-state index contributed by atoms with van der Waals surface area (Å²) >= 11 is 0. The minimum atomic E-state index is -0.232. The van der Waals surface area contributed by atoms with Gasteiger partial charge in [0.2, 0.25) is 11.7 Å². The number of aromatic nitrogens is 2. The third-order valence-electron chi connectivity index (χ3n) is 10.9. The van der Waals surface area contributed by atoms with Crippen LogP contribution in [0.3, 0.4) is 0 Å². The van der Waals surface area contributed by atoms with Gasteiger partial charge in [0, 0.05) is 43.2 Å². The van der Waals surface area contributed by atoms with Crippen LogP contribution in [0.15, 0.2) is 91.0 Å². The van der Waals surface area contributed by atoms with Crippen molar-refractivity contribution < 1.29 is 23.4 Å². The molecule has 0 radical (unpaired) electrons. The SMILES string of the molecule is COc1cc(C(=O)N2CCCC(CCN3CCC(Nc4nc5ccccc5n4Cc4ccc(F)cc4)CC3)(c3ccccc3)C2)cc(OC)c1OC. The van der Waals surface area contributed by atoms with E-state index in [4.69, 9.17) is 19.2 Å². The van der Waals surface area contributed by atoms with E-state index >= 15 is 0 Å². The number of fused-ring (bicyclic) bond motifs is 1. The molecular formula is C42H48FN5O4. The molecule has 272 valence electrons. The van der Waals surface area contributed by atoms with Gasteiger partial charge >= 0.3 is 0 Å². The number of likely N-dealkylation sites (tertiary alicyclic amines) is 2. The van der Waals surface area contributed by atoms with Gasteiger partial charge in [-0.3, -0.25) is 4.79 Å². The molecule has 1 unspecified atom stereocenters. The molecule has 0 saturated carbocycles. The van der Waals surface area contributed by atoms with Crippen molar-refractivity contribution >= 4 is 22.9 Å². The number of carbonyl (C=O) groups excluding carboxylic acids is 1. The molecule has 0 bridgehead atoms. The van der Waals surface area contributed by atoms with Crippen LogP contribution in [-0.4, -0.2) is 85.4 Å². The Morgan fingerprint density at radius 1 is 0.885 bits per heavy atom. The molecule has 0 spiro atoms. The molecule has 0 aliphatic carbocycles. The number of ether oxygens (including phenoxy) is 3. The summed E-state index contributed by atoms with van der Waals surface area (Å²) in [7, 11) is 4.70. The maximum Gasteiger partial charge on any atom is 0.254 e. The summed E-state index contributed by atoms with van der Waals surface area (Å²) in [5, 5.41) is 3.77. The number of imidazole rings is 1. The molecule has 2 fully saturated rings. The van der Waals surface area contributed by atoms with E-state index in [1.54, 1.807) is 33.5 Å². The Kier molecular flexibility index (Phi) is 10.6. The number of anilines is 1. The fourth-order valence-electron chi connectivity index (χ4n) is 8.04. The molecule has 5 aromatic rings. The van der Waals surface area contributed by atoms with Gasteiger partial charge in [0.25, 0.3) is 5.91 Å². The van der Waals surface area contributed by atoms with Gasteiger partial charge in [0.15, 0.2) is 11.5 Å². The first kappa shape index (κ1) is 35.3. The van der Waals surface area contributed by atoms with E-state index in [2.05, 4.69) is 51.2 Å². The number of nitrogens with one attached hydrogen (secondary N) is 1. The molecule has 2 saturated heterocycles. The zero-order valence-corrected chi connectivity index (χ0v) is 30.3. The molecule has 1 aromatic heterocycles. The van der Waals surface area contributed by atoms with Crippen molar-refractivity contribution in [1.29, 1.82) is 0 Å². The standard InChI is InChI=1S/C42H48FN5O4/c1-50-37-26-31(27-38(51-2)39(37)52-3)40(49)47-22-9-20-42(29-47,32-10-5-4-6-11-32)21-25-46-23-18-34(19-24-46)44-41-45-35-12-7-8-13-36(35)48(41)28-30-14-16-33(43)17-15-30/h4-8,10-17,26-27,34H,9,18-25,28-29H2,1-3H3,(H,44,45). The second kappa shape index (κ2) is 15.7. The summed E-state index contributed by atoms with van der Waals surface area (Å²) in [5.74, 6) is 2.01. The number of amides is 1. The quantitative estimate of drug-likeness (QED) is 0.145. The van der Waals surface area contributed by atoms with Crippen LogP contribution in [0.1, 0.15) is 53.6 Å². The van der Waals surface area contributed by atoms with Gasteiger partial charge in [-0.2, -0.15) is 0 Å². The van der Waals surface area contributed by atoms with Crippen LogP contribution in [0.2, 0.25) is 0 Å². The number of para-hydroxylation sites is 2. The summed E-state index contributed by atoms with van der Waals surface area (Å²) in [6.07, 6.45) is 4.92. The lowest BCUT2D eigenvalue weighted by Gasteiger charge is -2.45. The number of piperidine rings is 2. The highest BCUT2D eigenvalue weighted by Gasteiger charge is 2.39. The normalized spacial score (nSPS) is 18.3. The predicted octanol–water partition coefficient (Wildman–Crippen LogP) is 7.39. The molecular weight excluding hydrogens is 657 g/mol. The first-order valence-corrected chi connectivity index (χ1v) is 18.2. The second-order valence-electron chi connectivity index (χ2n) is 14.0. The molecule has 4 aromatic carbocycles. The number of nitrogens with zero attached hydrogens (tertiary/aromatic N) is 4. The number of methoxy groups -OCH3 is 3. The highest BCUT2D eigenvalue weighted by atomic mass is 19.1. The van der Waals surface area contributed by atoms with Gasteiger partial charge in [-0.1, -0.05) is 54.6 Å². The van der Waals surface area contributed by atoms with Crippen LogP contribution in [0.5, 0.6) is 17.2 Å². The molecule has 1 amide bonds. The maximum atomic E-state index is 14.1. The van der Waals surface area contributed by atoms with E-state index in [1.165, 1.54) is 17.7 Å². The molecule has 9 nitrogen and oxygen atoms in total. The molecule has 52 heavy (non-hydrogen) atoms. The van der Waals surface area contributed by atoms with Crippen LogP contribution in [0, 0.1) is 5.82 Å². The number of halogens is 1. The number of carbonyl (C=O) groups is 1. The summed E-state index contributed by atoms with van der Waals surface area (Å²) in [5.41, 5.74) is 4.69. The first-order valence-electron chi connectivity index (χ1n) is 18.2. The number of benzene rings is 4. The Hall–Kier alpha value is -5.09.